The van der Waals surface area contributed by atoms with E-state index in [0.717, 1.165) is 0 Å². The summed E-state index contributed by atoms with van der Waals surface area (Å²) in [5.74, 6) is 0. The molecule has 0 aromatic rings. The number of rotatable bonds is 6. The average molecular weight is 196 g/mol. The molecular weight excluding hydrogens is 180 g/mol. The summed E-state index contributed by atoms with van der Waals surface area (Å²) in [6.45, 7) is -0.315. The lowest BCUT2D eigenvalue weighted by atomic mass is 10.4. The van der Waals surface area contributed by atoms with Crippen molar-refractivity contribution in [3.63, 3.8) is 0 Å². The van der Waals surface area contributed by atoms with Crippen molar-refractivity contribution < 1.29 is 23.5 Å². The molecule has 1 unspecified atom stereocenters. The first-order valence-corrected chi connectivity index (χ1v) is 5.51. The highest BCUT2D eigenvalue weighted by Crippen LogP contribution is 2.14. The summed E-state index contributed by atoms with van der Waals surface area (Å²) in [5, 5.41) is 17.7. The van der Waals surface area contributed by atoms with Crippen LogP contribution in [0, 0.1) is 0 Å². The summed E-state index contributed by atoms with van der Waals surface area (Å²) < 4.78 is 15.1. The molecule has 0 aliphatic rings. The quantitative estimate of drug-likeness (QED) is 0.545. The van der Waals surface area contributed by atoms with Crippen molar-refractivity contribution in [3.8, 4) is 0 Å². The van der Waals surface area contributed by atoms with Crippen molar-refractivity contribution in [2.45, 2.75) is 12.1 Å². The smallest absolute Gasteiger partial charge is 0.394 e. The lowest BCUT2D eigenvalue weighted by Gasteiger charge is -2.25. The van der Waals surface area contributed by atoms with Gasteiger partial charge in [-0.2, -0.15) is 0 Å². The molecule has 0 fully saturated rings. The summed E-state index contributed by atoms with van der Waals surface area (Å²) in [6, 6.07) is 0.201. The highest BCUT2D eigenvalue weighted by molar-refractivity contribution is 6.60. The van der Waals surface area contributed by atoms with Gasteiger partial charge < -0.3 is 23.5 Å². The van der Waals surface area contributed by atoms with Crippen LogP contribution in [0.15, 0.2) is 0 Å². The van der Waals surface area contributed by atoms with E-state index in [-0.39, 0.29) is 12.7 Å². The standard InChI is InChI=1S/C6H16O5Si/c1-9-12(10-2,11-3)5-6(8)4-7/h6-8H,4-5H2,1-3H3. The van der Waals surface area contributed by atoms with Crippen molar-refractivity contribution >= 4 is 8.80 Å². The van der Waals surface area contributed by atoms with Crippen molar-refractivity contribution in [1.82, 2.24) is 0 Å². The Labute approximate surface area is 73.2 Å². The van der Waals surface area contributed by atoms with Crippen LogP contribution >= 0.6 is 0 Å². The van der Waals surface area contributed by atoms with Gasteiger partial charge in [-0.25, -0.2) is 0 Å². The van der Waals surface area contributed by atoms with Crippen LogP contribution in [-0.2, 0) is 13.3 Å². The number of aliphatic hydroxyl groups is 2. The molecule has 0 saturated carbocycles. The summed E-state index contributed by atoms with van der Waals surface area (Å²) >= 11 is 0. The van der Waals surface area contributed by atoms with E-state index in [2.05, 4.69) is 0 Å². The molecule has 74 valence electrons. The van der Waals surface area contributed by atoms with Crippen LogP contribution in [-0.4, -0.2) is 53.1 Å². The molecule has 0 bridgehead atoms. The predicted octanol–water partition coefficient (Wildman–Crippen LogP) is -0.782. The maximum absolute atomic E-state index is 9.13. The van der Waals surface area contributed by atoms with Crippen LogP contribution in [0.2, 0.25) is 6.04 Å². The van der Waals surface area contributed by atoms with E-state index in [9.17, 15) is 0 Å². The van der Waals surface area contributed by atoms with E-state index in [1.54, 1.807) is 0 Å². The van der Waals surface area contributed by atoms with Crippen LogP contribution in [0.3, 0.4) is 0 Å². The maximum Gasteiger partial charge on any atom is 0.502 e. The van der Waals surface area contributed by atoms with Crippen LogP contribution in [0.25, 0.3) is 0 Å². The van der Waals surface area contributed by atoms with Crippen LogP contribution in [0.5, 0.6) is 0 Å². The first-order valence-electron chi connectivity index (χ1n) is 3.58. The van der Waals surface area contributed by atoms with Crippen molar-refractivity contribution in [3.05, 3.63) is 0 Å². The van der Waals surface area contributed by atoms with Gasteiger partial charge in [-0.1, -0.05) is 0 Å². The van der Waals surface area contributed by atoms with E-state index >= 15 is 0 Å². The third kappa shape index (κ3) is 3.17. The molecule has 0 amide bonds. The molecule has 0 saturated heterocycles. The monoisotopic (exact) mass is 196 g/mol. The first-order chi connectivity index (χ1) is 5.64. The van der Waals surface area contributed by atoms with Gasteiger partial charge in [-0.15, -0.1) is 0 Å². The Hall–Kier alpha value is 0.0169. The Bertz CT molecular complexity index is 108. The van der Waals surface area contributed by atoms with Crippen molar-refractivity contribution in [2.75, 3.05) is 27.9 Å². The Kier molecular flexibility index (Phi) is 5.63. The Balaban J connectivity index is 4.09. The van der Waals surface area contributed by atoms with Gasteiger partial charge in [-0.05, 0) is 0 Å². The molecule has 0 aromatic carbocycles. The zero-order valence-electron chi connectivity index (χ0n) is 7.61. The van der Waals surface area contributed by atoms with E-state index < -0.39 is 14.9 Å². The average Bonchev–Trinajstić information content (AvgIpc) is 2.14. The fourth-order valence-electron chi connectivity index (χ4n) is 0.853. The van der Waals surface area contributed by atoms with E-state index in [1.165, 1.54) is 21.3 Å². The normalized spacial score (nSPS) is 14.8. The maximum atomic E-state index is 9.13. The summed E-state index contributed by atoms with van der Waals surface area (Å²) in [6.07, 6.45) is -0.850. The minimum absolute atomic E-state index is 0.201. The fourth-order valence-corrected chi connectivity index (χ4v) is 2.56. The molecule has 0 aliphatic carbocycles. The fraction of sp³-hybridized carbons (Fsp3) is 1.00. The minimum Gasteiger partial charge on any atom is -0.394 e. The lowest BCUT2D eigenvalue weighted by Crippen LogP contribution is -2.46. The molecule has 5 nitrogen and oxygen atoms in total. The lowest BCUT2D eigenvalue weighted by molar-refractivity contribution is 0.0692. The second-order valence-corrected chi connectivity index (χ2v) is 5.33. The molecule has 0 spiro atoms. The van der Waals surface area contributed by atoms with Crippen molar-refractivity contribution in [2.24, 2.45) is 0 Å². The molecule has 0 heterocycles. The van der Waals surface area contributed by atoms with Gasteiger partial charge in [0.25, 0.3) is 0 Å². The number of hydrogen-bond donors (Lipinski definition) is 2. The third-order valence-corrected chi connectivity index (χ3v) is 4.47. The van der Waals surface area contributed by atoms with Gasteiger partial charge in [0, 0.05) is 27.4 Å². The first kappa shape index (κ1) is 12.0. The molecule has 2 N–H and O–H groups in total. The second-order valence-electron chi connectivity index (χ2n) is 2.34. The molecule has 0 radical (unpaired) electrons. The molecule has 0 aromatic heterocycles. The molecular formula is C6H16O5Si. The highest BCUT2D eigenvalue weighted by atomic mass is 28.4. The number of aliphatic hydroxyl groups excluding tert-OH is 2. The minimum atomic E-state index is -2.71. The van der Waals surface area contributed by atoms with E-state index in [0.29, 0.717) is 0 Å². The van der Waals surface area contributed by atoms with Gasteiger partial charge in [-0.3, -0.25) is 0 Å². The predicted molar refractivity (Wildman–Crippen MR) is 44.7 cm³/mol. The van der Waals surface area contributed by atoms with E-state index in [1.807, 2.05) is 0 Å². The summed E-state index contributed by atoms with van der Waals surface area (Å²) in [5.41, 5.74) is 0. The van der Waals surface area contributed by atoms with Crippen LogP contribution in [0.1, 0.15) is 0 Å². The zero-order chi connectivity index (χ0) is 9.61. The van der Waals surface area contributed by atoms with E-state index in [4.69, 9.17) is 23.5 Å². The largest absolute Gasteiger partial charge is 0.502 e. The molecule has 6 heteroatoms. The summed E-state index contributed by atoms with van der Waals surface area (Å²) in [7, 11) is 1.67. The third-order valence-electron chi connectivity index (χ3n) is 1.63. The zero-order valence-corrected chi connectivity index (χ0v) is 8.61. The molecule has 12 heavy (non-hydrogen) atoms. The second kappa shape index (κ2) is 5.63. The molecule has 0 aliphatic heterocycles. The molecule has 0 rings (SSSR count). The van der Waals surface area contributed by atoms with Crippen molar-refractivity contribution in [1.29, 1.82) is 0 Å². The van der Waals surface area contributed by atoms with Gasteiger partial charge in [0.1, 0.15) is 0 Å². The van der Waals surface area contributed by atoms with Gasteiger partial charge in [0.15, 0.2) is 0 Å². The topological polar surface area (TPSA) is 68.2 Å². The van der Waals surface area contributed by atoms with Gasteiger partial charge in [0.05, 0.1) is 12.7 Å². The van der Waals surface area contributed by atoms with Crippen LogP contribution < -0.4 is 0 Å². The Morgan fingerprint density at radius 2 is 1.58 bits per heavy atom. The van der Waals surface area contributed by atoms with Gasteiger partial charge >= 0.3 is 8.80 Å². The summed E-state index contributed by atoms with van der Waals surface area (Å²) in [4.78, 5) is 0. The van der Waals surface area contributed by atoms with Crippen LogP contribution in [0.4, 0.5) is 0 Å². The SMILES string of the molecule is CO[Si](CC(O)CO)(OC)OC. The molecule has 1 atom stereocenters. The Morgan fingerprint density at radius 1 is 1.17 bits per heavy atom. The van der Waals surface area contributed by atoms with Gasteiger partial charge in [0.2, 0.25) is 0 Å². The number of hydrogen-bond acceptors (Lipinski definition) is 5. The Morgan fingerprint density at radius 3 is 1.83 bits per heavy atom. The highest BCUT2D eigenvalue weighted by Gasteiger charge is 2.39.